The van der Waals surface area contributed by atoms with Gasteiger partial charge in [0.15, 0.2) is 6.61 Å². The van der Waals surface area contributed by atoms with E-state index in [9.17, 15) is 9.59 Å². The first kappa shape index (κ1) is 21.5. The number of hydrogen-bond donors (Lipinski definition) is 1. The fourth-order valence-corrected chi connectivity index (χ4v) is 2.49. The van der Waals surface area contributed by atoms with Crippen LogP contribution in [0.4, 0.5) is 0 Å². The van der Waals surface area contributed by atoms with Gasteiger partial charge in [-0.05, 0) is 60.5 Å². The number of carbonyl (C=O) groups is 2. The van der Waals surface area contributed by atoms with Crippen molar-refractivity contribution in [1.82, 2.24) is 5.43 Å². The van der Waals surface area contributed by atoms with Crippen LogP contribution < -0.4 is 14.9 Å². The Labute approximate surface area is 180 Å². The maximum Gasteiger partial charge on any atom is 0.336 e. The predicted octanol–water partition coefficient (Wildman–Crippen LogP) is 4.14. The van der Waals surface area contributed by atoms with Crippen LogP contribution in [0.1, 0.15) is 16.7 Å². The predicted molar refractivity (Wildman–Crippen MR) is 120 cm³/mol. The molecule has 156 valence electrons. The molecular weight excluding hydrogens is 392 g/mol. The normalized spacial score (nSPS) is 10.9. The van der Waals surface area contributed by atoms with Crippen LogP contribution in [0, 0.1) is 6.92 Å². The lowest BCUT2D eigenvalue weighted by Gasteiger charge is -2.05. The van der Waals surface area contributed by atoms with Gasteiger partial charge >= 0.3 is 5.97 Å². The third-order valence-electron chi connectivity index (χ3n) is 4.10. The third-order valence-corrected chi connectivity index (χ3v) is 4.10. The zero-order chi connectivity index (χ0) is 21.9. The number of esters is 1. The molecule has 0 aliphatic carbocycles. The Hall–Kier alpha value is -4.19. The summed E-state index contributed by atoms with van der Waals surface area (Å²) in [6, 6.07) is 23.7. The molecule has 0 radical (unpaired) electrons. The highest BCUT2D eigenvalue weighted by Crippen LogP contribution is 2.12. The second-order valence-electron chi connectivity index (χ2n) is 6.63. The van der Waals surface area contributed by atoms with Crippen LogP contribution in [-0.2, 0) is 9.59 Å². The number of carbonyl (C=O) groups excluding carboxylic acids is 2. The summed E-state index contributed by atoms with van der Waals surface area (Å²) in [5.74, 6) is 0.197. The third kappa shape index (κ3) is 7.62. The largest absolute Gasteiger partial charge is 0.484 e. The lowest BCUT2D eigenvalue weighted by Crippen LogP contribution is -2.24. The van der Waals surface area contributed by atoms with Gasteiger partial charge in [0, 0.05) is 6.08 Å². The number of benzene rings is 3. The molecule has 6 heteroatoms. The number of aryl methyl sites for hydroxylation is 1. The Morgan fingerprint density at radius 3 is 2.26 bits per heavy atom. The Bertz CT molecular complexity index is 1060. The van der Waals surface area contributed by atoms with Gasteiger partial charge in [-0.3, -0.25) is 4.79 Å². The van der Waals surface area contributed by atoms with Crippen LogP contribution in [0.5, 0.6) is 11.5 Å². The fourth-order valence-electron chi connectivity index (χ4n) is 2.49. The molecule has 0 spiro atoms. The van der Waals surface area contributed by atoms with E-state index in [0.29, 0.717) is 11.5 Å². The maximum absolute atomic E-state index is 11.9. The number of nitrogens with one attached hydrogen (secondary N) is 1. The van der Waals surface area contributed by atoms with Crippen molar-refractivity contribution in [2.45, 2.75) is 6.92 Å². The van der Waals surface area contributed by atoms with Gasteiger partial charge in [0.05, 0.1) is 6.21 Å². The molecule has 0 saturated heterocycles. The molecule has 0 aliphatic heterocycles. The second-order valence-corrected chi connectivity index (χ2v) is 6.63. The molecule has 0 heterocycles. The van der Waals surface area contributed by atoms with Crippen molar-refractivity contribution in [3.05, 3.63) is 102 Å². The SMILES string of the molecule is Cc1ccc(OCC(=O)NN=Cc2ccc(OC(=O)C=Cc3ccccc3)cc2)cc1. The van der Waals surface area contributed by atoms with Gasteiger partial charge in [-0.2, -0.15) is 5.10 Å². The van der Waals surface area contributed by atoms with Crippen LogP contribution >= 0.6 is 0 Å². The highest BCUT2D eigenvalue weighted by Gasteiger charge is 2.02. The van der Waals surface area contributed by atoms with Gasteiger partial charge < -0.3 is 9.47 Å². The molecule has 6 nitrogen and oxygen atoms in total. The summed E-state index contributed by atoms with van der Waals surface area (Å²) in [6.07, 6.45) is 4.55. The molecule has 0 aliphatic rings. The molecule has 0 fully saturated rings. The molecular formula is C25H22N2O4. The average molecular weight is 414 g/mol. The van der Waals surface area contributed by atoms with Gasteiger partial charge in [0.25, 0.3) is 5.91 Å². The molecule has 3 rings (SSSR count). The number of amides is 1. The van der Waals surface area contributed by atoms with E-state index in [2.05, 4.69) is 10.5 Å². The molecule has 3 aromatic rings. The number of rotatable bonds is 8. The van der Waals surface area contributed by atoms with E-state index < -0.39 is 5.97 Å². The van der Waals surface area contributed by atoms with Gasteiger partial charge in [-0.1, -0.05) is 48.0 Å². The molecule has 1 N–H and O–H groups in total. The first-order valence-corrected chi connectivity index (χ1v) is 9.65. The fraction of sp³-hybridized carbons (Fsp3) is 0.0800. The zero-order valence-electron chi connectivity index (χ0n) is 17.0. The van der Waals surface area contributed by atoms with Gasteiger partial charge in [0.1, 0.15) is 11.5 Å². The van der Waals surface area contributed by atoms with Gasteiger partial charge in [-0.15, -0.1) is 0 Å². The summed E-state index contributed by atoms with van der Waals surface area (Å²) in [7, 11) is 0. The summed E-state index contributed by atoms with van der Waals surface area (Å²) < 4.78 is 10.6. The van der Waals surface area contributed by atoms with Crippen molar-refractivity contribution in [3.8, 4) is 11.5 Å². The van der Waals surface area contributed by atoms with Crippen molar-refractivity contribution in [3.63, 3.8) is 0 Å². The van der Waals surface area contributed by atoms with Crippen LogP contribution in [0.3, 0.4) is 0 Å². The Balaban J connectivity index is 1.42. The Kier molecular flexibility index (Phi) is 7.71. The number of hydrazone groups is 1. The first-order chi connectivity index (χ1) is 15.1. The molecule has 31 heavy (non-hydrogen) atoms. The van der Waals surface area contributed by atoms with E-state index in [1.807, 2.05) is 49.4 Å². The summed E-state index contributed by atoms with van der Waals surface area (Å²) >= 11 is 0. The van der Waals surface area contributed by atoms with E-state index in [4.69, 9.17) is 9.47 Å². The molecule has 0 aromatic heterocycles. The van der Waals surface area contributed by atoms with Crippen molar-refractivity contribution >= 4 is 24.2 Å². The monoisotopic (exact) mass is 414 g/mol. The van der Waals surface area contributed by atoms with Gasteiger partial charge in [0.2, 0.25) is 0 Å². The molecule has 0 bridgehead atoms. The lowest BCUT2D eigenvalue weighted by molar-refractivity contribution is -0.129. The van der Waals surface area contributed by atoms with Gasteiger partial charge in [-0.25, -0.2) is 10.2 Å². The molecule has 0 unspecified atom stereocenters. The zero-order valence-corrected chi connectivity index (χ0v) is 17.0. The minimum atomic E-state index is -0.467. The maximum atomic E-state index is 11.9. The smallest absolute Gasteiger partial charge is 0.336 e. The summed E-state index contributed by atoms with van der Waals surface area (Å²) in [4.78, 5) is 23.7. The van der Waals surface area contributed by atoms with E-state index in [1.54, 1.807) is 42.5 Å². The lowest BCUT2D eigenvalue weighted by atomic mass is 10.2. The number of nitrogens with zero attached hydrogens (tertiary/aromatic N) is 1. The number of ether oxygens (including phenoxy) is 2. The number of hydrogen-bond acceptors (Lipinski definition) is 5. The van der Waals surface area contributed by atoms with E-state index in [-0.39, 0.29) is 12.5 Å². The van der Waals surface area contributed by atoms with Crippen molar-refractivity contribution in [2.24, 2.45) is 5.10 Å². The van der Waals surface area contributed by atoms with Crippen LogP contribution in [0.2, 0.25) is 0 Å². The summed E-state index contributed by atoms with van der Waals surface area (Å²) in [6.45, 7) is 1.84. The minimum Gasteiger partial charge on any atom is -0.484 e. The van der Waals surface area contributed by atoms with Crippen molar-refractivity contribution < 1.29 is 19.1 Å². The standard InChI is InChI=1S/C25H22N2O4/c1-19-7-12-22(13-8-19)30-18-24(28)27-26-17-21-9-14-23(15-10-21)31-25(29)16-11-20-5-3-2-4-6-20/h2-17H,18H2,1H3,(H,27,28). The topological polar surface area (TPSA) is 77.0 Å². The summed E-state index contributed by atoms with van der Waals surface area (Å²) in [5, 5.41) is 3.90. The Morgan fingerprint density at radius 2 is 1.55 bits per heavy atom. The quantitative estimate of drug-likeness (QED) is 0.198. The minimum absolute atomic E-state index is 0.133. The molecule has 0 atom stereocenters. The Morgan fingerprint density at radius 1 is 0.871 bits per heavy atom. The van der Waals surface area contributed by atoms with E-state index >= 15 is 0 Å². The van der Waals surface area contributed by atoms with E-state index in [1.165, 1.54) is 12.3 Å². The highest BCUT2D eigenvalue weighted by molar-refractivity contribution is 5.89. The summed E-state index contributed by atoms with van der Waals surface area (Å²) in [5.41, 5.74) is 5.17. The first-order valence-electron chi connectivity index (χ1n) is 9.65. The van der Waals surface area contributed by atoms with Crippen molar-refractivity contribution in [2.75, 3.05) is 6.61 Å². The van der Waals surface area contributed by atoms with Crippen molar-refractivity contribution in [1.29, 1.82) is 0 Å². The van der Waals surface area contributed by atoms with Crippen LogP contribution in [0.15, 0.2) is 90.0 Å². The molecule has 3 aromatic carbocycles. The van der Waals surface area contributed by atoms with Crippen LogP contribution in [0.25, 0.3) is 6.08 Å². The molecule has 0 saturated carbocycles. The highest BCUT2D eigenvalue weighted by atomic mass is 16.5. The van der Waals surface area contributed by atoms with E-state index in [0.717, 1.165) is 16.7 Å². The average Bonchev–Trinajstić information content (AvgIpc) is 2.79. The van der Waals surface area contributed by atoms with Crippen LogP contribution in [-0.4, -0.2) is 24.7 Å². The molecule has 1 amide bonds. The second kappa shape index (κ2) is 11.1.